The van der Waals surface area contributed by atoms with Crippen LogP contribution in [0.5, 0.6) is 5.75 Å². The number of methoxy groups -OCH3 is 1. The third kappa shape index (κ3) is 5.95. The quantitative estimate of drug-likeness (QED) is 0.395. The third-order valence-electron chi connectivity index (χ3n) is 5.98. The molecule has 1 aliphatic rings. The van der Waals surface area contributed by atoms with Gasteiger partial charge in [0, 0.05) is 31.9 Å². The van der Waals surface area contributed by atoms with Gasteiger partial charge in [-0.25, -0.2) is 8.42 Å². The predicted octanol–water partition coefficient (Wildman–Crippen LogP) is 5.78. The lowest BCUT2D eigenvalue weighted by Crippen LogP contribution is -2.49. The van der Waals surface area contributed by atoms with Gasteiger partial charge < -0.3 is 14.5 Å². The number of hydrogen-bond donors (Lipinski definition) is 1. The highest BCUT2D eigenvalue weighted by Crippen LogP contribution is 2.34. The molecule has 1 fully saturated rings. The number of hydrogen-bond acceptors (Lipinski definition) is 5. The molecular weight excluding hydrogens is 566 g/mol. The van der Waals surface area contributed by atoms with Crippen LogP contribution in [-0.4, -0.2) is 52.5 Å². The zero-order valence-corrected chi connectivity index (χ0v) is 22.3. The van der Waals surface area contributed by atoms with Crippen LogP contribution < -0.4 is 14.4 Å². The van der Waals surface area contributed by atoms with E-state index < -0.39 is 32.6 Å². The van der Waals surface area contributed by atoms with E-state index in [0.29, 0.717) is 38.0 Å². The number of rotatable bonds is 6. The second-order valence-corrected chi connectivity index (χ2v) is 10.9. The minimum absolute atomic E-state index is 0.0508. The fourth-order valence-corrected chi connectivity index (χ4v) is 5.98. The maximum absolute atomic E-state index is 13.3. The Morgan fingerprint density at radius 1 is 0.947 bits per heavy atom. The summed E-state index contributed by atoms with van der Waals surface area (Å²) in [6.45, 7) is 1.67. The second-order valence-electron chi connectivity index (χ2n) is 8.40. The molecule has 1 aliphatic heterocycles. The van der Waals surface area contributed by atoms with E-state index in [1.807, 2.05) is 24.3 Å². The number of sulfonamides is 1. The highest BCUT2D eigenvalue weighted by Gasteiger charge is 2.31. The van der Waals surface area contributed by atoms with Crippen LogP contribution in [0, 0.1) is 0 Å². The number of benzene rings is 3. The second kappa shape index (κ2) is 10.9. The lowest BCUT2D eigenvalue weighted by molar-refractivity contribution is -0.137. The summed E-state index contributed by atoms with van der Waals surface area (Å²) in [5.41, 5.74) is -0.541. The normalized spacial score (nSPS) is 14.4. The van der Waals surface area contributed by atoms with Crippen molar-refractivity contribution in [2.75, 3.05) is 42.9 Å². The predicted molar refractivity (Wildman–Crippen MR) is 140 cm³/mol. The van der Waals surface area contributed by atoms with Gasteiger partial charge in [-0.15, -0.1) is 0 Å². The molecule has 0 saturated carbocycles. The van der Waals surface area contributed by atoms with E-state index in [-0.39, 0.29) is 21.3 Å². The Hall–Kier alpha value is -3.15. The number of carbonyl (C=O) groups excluding carboxylic acids is 1. The number of amides is 1. The number of nitrogens with one attached hydrogen (secondary N) is 1. The first-order valence-electron chi connectivity index (χ1n) is 11.3. The Labute approximate surface area is 227 Å². The summed E-state index contributed by atoms with van der Waals surface area (Å²) in [5.74, 6) is 0.206. The molecule has 202 valence electrons. The van der Waals surface area contributed by atoms with Crippen LogP contribution in [0.4, 0.5) is 24.5 Å². The Bertz CT molecular complexity index is 1460. The van der Waals surface area contributed by atoms with E-state index in [1.165, 1.54) is 11.0 Å². The summed E-state index contributed by atoms with van der Waals surface area (Å²) in [7, 11) is -2.89. The van der Waals surface area contributed by atoms with E-state index in [1.54, 1.807) is 7.11 Å². The molecule has 0 unspecified atom stereocenters. The monoisotopic (exact) mass is 587 g/mol. The molecule has 0 spiro atoms. The topological polar surface area (TPSA) is 79.0 Å². The molecule has 1 saturated heterocycles. The Morgan fingerprint density at radius 3 is 2.29 bits per heavy atom. The van der Waals surface area contributed by atoms with E-state index in [2.05, 4.69) is 9.62 Å². The number of alkyl halides is 3. The lowest BCUT2D eigenvalue weighted by Gasteiger charge is -2.36. The maximum atomic E-state index is 13.3. The first-order chi connectivity index (χ1) is 17.9. The van der Waals surface area contributed by atoms with Gasteiger partial charge in [0.05, 0.1) is 34.0 Å². The fourth-order valence-electron chi connectivity index (χ4n) is 4.08. The molecule has 38 heavy (non-hydrogen) atoms. The van der Waals surface area contributed by atoms with Gasteiger partial charge in [0.1, 0.15) is 10.6 Å². The van der Waals surface area contributed by atoms with Crippen LogP contribution in [-0.2, 0) is 16.2 Å². The Balaban J connectivity index is 1.55. The SMILES string of the molecule is COc1ccccc1N1CCN(C(=O)c2cc(S(=O)(=O)Nc3cccc(C(F)(F)F)c3)c(Cl)cc2Cl)CC1. The van der Waals surface area contributed by atoms with Gasteiger partial charge in [-0.3, -0.25) is 9.52 Å². The number of ether oxygens (including phenoxy) is 1. The standard InChI is InChI=1S/C25H22Cl2F3N3O4S/c1-37-22-8-3-2-7-21(22)32-9-11-33(12-10-32)24(34)18-14-23(20(27)15-19(18)26)38(35,36)31-17-6-4-5-16(13-17)25(28,29)30/h2-8,13-15,31H,9-12H2,1H3. The van der Waals surface area contributed by atoms with E-state index in [0.717, 1.165) is 30.0 Å². The summed E-state index contributed by atoms with van der Waals surface area (Å²) < 4.78 is 72.7. The van der Waals surface area contributed by atoms with Crippen LogP contribution in [0.15, 0.2) is 65.6 Å². The van der Waals surface area contributed by atoms with Crippen LogP contribution in [0.1, 0.15) is 15.9 Å². The smallest absolute Gasteiger partial charge is 0.416 e. The molecule has 4 rings (SSSR count). The molecule has 7 nitrogen and oxygen atoms in total. The van der Waals surface area contributed by atoms with Crippen molar-refractivity contribution >= 4 is 50.5 Å². The third-order valence-corrected chi connectivity index (χ3v) is 8.14. The number of carbonyl (C=O) groups is 1. The number of halogens is 5. The molecule has 0 aliphatic carbocycles. The highest BCUT2D eigenvalue weighted by atomic mass is 35.5. The largest absolute Gasteiger partial charge is 0.495 e. The van der Waals surface area contributed by atoms with Crippen molar-refractivity contribution in [3.8, 4) is 5.75 Å². The Kier molecular flexibility index (Phi) is 8.01. The zero-order valence-electron chi connectivity index (χ0n) is 19.9. The summed E-state index contributed by atoms with van der Waals surface area (Å²) in [6.07, 6.45) is -4.66. The number of piperazine rings is 1. The first-order valence-corrected chi connectivity index (χ1v) is 13.5. The summed E-state index contributed by atoms with van der Waals surface area (Å²) in [6, 6.07) is 13.4. The van der Waals surface area contributed by atoms with Crippen molar-refractivity contribution in [1.29, 1.82) is 0 Å². The molecule has 0 bridgehead atoms. The minimum atomic E-state index is -4.66. The van der Waals surface area contributed by atoms with Gasteiger partial charge in [0.15, 0.2) is 0 Å². The van der Waals surface area contributed by atoms with Crippen molar-refractivity contribution in [2.45, 2.75) is 11.1 Å². The number of para-hydroxylation sites is 2. The van der Waals surface area contributed by atoms with E-state index >= 15 is 0 Å². The summed E-state index contributed by atoms with van der Waals surface area (Å²) in [5, 5.41) is -0.336. The molecule has 13 heteroatoms. The Morgan fingerprint density at radius 2 is 1.63 bits per heavy atom. The zero-order chi connectivity index (χ0) is 27.7. The van der Waals surface area contributed by atoms with Gasteiger partial charge in [0.2, 0.25) is 0 Å². The van der Waals surface area contributed by atoms with Crippen molar-refractivity contribution in [2.24, 2.45) is 0 Å². The minimum Gasteiger partial charge on any atom is -0.495 e. The molecule has 0 aromatic heterocycles. The maximum Gasteiger partial charge on any atom is 0.416 e. The molecule has 0 radical (unpaired) electrons. The van der Waals surface area contributed by atoms with Crippen molar-refractivity contribution < 1.29 is 31.1 Å². The fraction of sp³-hybridized carbons (Fsp3) is 0.240. The van der Waals surface area contributed by atoms with Crippen molar-refractivity contribution in [3.05, 3.63) is 81.8 Å². The van der Waals surface area contributed by atoms with Crippen molar-refractivity contribution in [3.63, 3.8) is 0 Å². The number of anilines is 2. The van der Waals surface area contributed by atoms with Gasteiger partial charge in [-0.05, 0) is 42.5 Å². The average molecular weight is 588 g/mol. The van der Waals surface area contributed by atoms with Crippen LogP contribution in [0.25, 0.3) is 0 Å². The molecule has 1 heterocycles. The van der Waals surface area contributed by atoms with Crippen molar-refractivity contribution in [1.82, 2.24) is 4.90 Å². The molecule has 3 aromatic carbocycles. The van der Waals surface area contributed by atoms with Gasteiger partial charge >= 0.3 is 6.18 Å². The first kappa shape index (κ1) is 27.9. The lowest BCUT2D eigenvalue weighted by atomic mass is 10.1. The van der Waals surface area contributed by atoms with Gasteiger partial charge in [0.25, 0.3) is 15.9 Å². The van der Waals surface area contributed by atoms with Gasteiger partial charge in [-0.2, -0.15) is 13.2 Å². The molecular formula is C25H22Cl2F3N3O4S. The summed E-state index contributed by atoms with van der Waals surface area (Å²) >= 11 is 12.4. The molecule has 1 amide bonds. The van der Waals surface area contributed by atoms with E-state index in [4.69, 9.17) is 27.9 Å². The van der Waals surface area contributed by atoms with E-state index in [9.17, 15) is 26.4 Å². The molecule has 3 aromatic rings. The van der Waals surface area contributed by atoms with Crippen LogP contribution >= 0.6 is 23.2 Å². The highest BCUT2D eigenvalue weighted by molar-refractivity contribution is 7.92. The van der Waals surface area contributed by atoms with Gasteiger partial charge in [-0.1, -0.05) is 41.4 Å². The number of nitrogens with zero attached hydrogens (tertiary/aromatic N) is 2. The van der Waals surface area contributed by atoms with Crippen LogP contribution in [0.3, 0.4) is 0 Å². The molecule has 1 N–H and O–H groups in total. The average Bonchev–Trinajstić information content (AvgIpc) is 2.87. The summed E-state index contributed by atoms with van der Waals surface area (Å²) in [4.78, 5) is 16.4. The van der Waals surface area contributed by atoms with Crippen LogP contribution in [0.2, 0.25) is 10.0 Å². The molecule has 0 atom stereocenters.